The Morgan fingerprint density at radius 3 is 2.38 bits per heavy atom. The molecule has 0 saturated heterocycles. The number of phenols is 1. The van der Waals surface area contributed by atoms with E-state index in [4.69, 9.17) is 10.5 Å². The summed E-state index contributed by atoms with van der Waals surface area (Å²) < 4.78 is 5.35. The quantitative estimate of drug-likeness (QED) is 0.254. The summed E-state index contributed by atoms with van der Waals surface area (Å²) in [6.45, 7) is 6.09. The molecule has 0 aromatic heterocycles. The third kappa shape index (κ3) is 4.66. The number of Topliss-reactive ketones (excluding diaryl/α,β-unsaturated/α-hetero) is 2. The van der Waals surface area contributed by atoms with Gasteiger partial charge in [0, 0.05) is 17.9 Å². The van der Waals surface area contributed by atoms with Gasteiger partial charge in [0.1, 0.15) is 22.8 Å². The van der Waals surface area contributed by atoms with E-state index in [1.807, 2.05) is 20.8 Å². The number of carbonyl (C=O) groups excluding carboxylic acids is 4. The van der Waals surface area contributed by atoms with E-state index in [0.717, 1.165) is 0 Å². The van der Waals surface area contributed by atoms with Gasteiger partial charge in [0.25, 0.3) is 5.91 Å². The summed E-state index contributed by atoms with van der Waals surface area (Å²) in [4.78, 5) is 52.9. The standard InChI is InChI=1S/C29H36N2O9/c1-28(2,3)12-40-18(33)9-7-13-6-8-17(32)20-15(13)10-14-11-16-22(31(4)5)24(35)21(27(30)38)26(37)29(16,39)25(36)19(14)23(20)34/h6,8,14,16,22,32,34,37,39H,7,9-12H2,1-5H3,(H2,30,38)/t14-,16-,22-,29-/m1/s1. The first-order valence-electron chi connectivity index (χ1n) is 13.1. The maximum atomic E-state index is 13.9. The van der Waals surface area contributed by atoms with Crippen molar-refractivity contribution < 1.29 is 44.3 Å². The summed E-state index contributed by atoms with van der Waals surface area (Å²) in [5, 5.41) is 44.5. The fourth-order valence-corrected chi connectivity index (χ4v) is 6.15. The second-order valence-electron chi connectivity index (χ2n) is 12.3. The highest BCUT2D eigenvalue weighted by Crippen LogP contribution is 2.53. The number of phenolic OH excluding ortho intramolecular Hbond substituents is 1. The Kier molecular flexibility index (Phi) is 7.35. The van der Waals surface area contributed by atoms with Crippen LogP contribution < -0.4 is 5.73 Å². The summed E-state index contributed by atoms with van der Waals surface area (Å²) in [6, 6.07) is 1.84. The molecule has 1 aromatic carbocycles. The number of ketones is 2. The van der Waals surface area contributed by atoms with Crippen LogP contribution >= 0.6 is 0 Å². The number of aryl methyl sites for hydroxylation is 1. The number of nitrogens with zero attached hydrogens (tertiary/aromatic N) is 1. The molecule has 1 saturated carbocycles. The van der Waals surface area contributed by atoms with Gasteiger partial charge in [-0.25, -0.2) is 0 Å². The van der Waals surface area contributed by atoms with Gasteiger partial charge in [-0.1, -0.05) is 26.8 Å². The highest BCUT2D eigenvalue weighted by molar-refractivity contribution is 6.24. The Balaban J connectivity index is 1.77. The SMILES string of the molecule is CN(C)[C@H]1C(=O)C(C(N)=O)=C(O)[C@]2(O)C(=O)C3=C(O)c4c(O)ccc(CCC(=O)OCC(C)(C)C)c4C[C@@H]3C[C@H]12. The highest BCUT2D eigenvalue weighted by Gasteiger charge is 2.64. The Bertz CT molecular complexity index is 1370. The number of aliphatic hydroxyl groups excluding tert-OH is 2. The van der Waals surface area contributed by atoms with Gasteiger partial charge in [-0.2, -0.15) is 0 Å². The van der Waals surface area contributed by atoms with Crippen LogP contribution in [0.2, 0.25) is 0 Å². The van der Waals surface area contributed by atoms with Crippen LogP contribution in [0, 0.1) is 17.3 Å². The van der Waals surface area contributed by atoms with E-state index in [2.05, 4.69) is 0 Å². The van der Waals surface area contributed by atoms with E-state index in [-0.39, 0.29) is 54.6 Å². The summed E-state index contributed by atoms with van der Waals surface area (Å²) in [7, 11) is 3.09. The lowest BCUT2D eigenvalue weighted by molar-refractivity contribution is -0.153. The van der Waals surface area contributed by atoms with Gasteiger partial charge in [0.2, 0.25) is 5.78 Å². The average molecular weight is 557 g/mol. The zero-order valence-corrected chi connectivity index (χ0v) is 23.3. The number of ether oxygens (including phenoxy) is 1. The fourth-order valence-electron chi connectivity index (χ4n) is 6.15. The van der Waals surface area contributed by atoms with Crippen molar-refractivity contribution in [1.29, 1.82) is 0 Å². The molecule has 4 atom stereocenters. The van der Waals surface area contributed by atoms with Crippen LogP contribution in [0.3, 0.4) is 0 Å². The van der Waals surface area contributed by atoms with E-state index in [0.29, 0.717) is 11.1 Å². The summed E-state index contributed by atoms with van der Waals surface area (Å²) in [5.41, 5.74) is 2.59. The number of hydrogen-bond donors (Lipinski definition) is 5. The molecule has 4 rings (SSSR count). The number of likely N-dealkylation sites (N-methyl/N-ethyl adjacent to an activating group) is 1. The molecule has 6 N–H and O–H groups in total. The Morgan fingerprint density at radius 2 is 1.80 bits per heavy atom. The first-order valence-corrected chi connectivity index (χ1v) is 13.1. The molecular weight excluding hydrogens is 520 g/mol. The predicted molar refractivity (Wildman–Crippen MR) is 143 cm³/mol. The zero-order valence-electron chi connectivity index (χ0n) is 23.3. The molecule has 0 bridgehead atoms. The third-order valence-corrected chi connectivity index (χ3v) is 7.97. The van der Waals surface area contributed by atoms with E-state index in [1.54, 1.807) is 20.2 Å². The minimum Gasteiger partial charge on any atom is -0.508 e. The smallest absolute Gasteiger partial charge is 0.306 e. The second-order valence-corrected chi connectivity index (χ2v) is 12.3. The number of amides is 1. The van der Waals surface area contributed by atoms with Crippen molar-refractivity contribution in [3.8, 4) is 5.75 Å². The molecule has 1 amide bonds. The van der Waals surface area contributed by atoms with Crippen LogP contribution in [0.25, 0.3) is 5.76 Å². The number of aliphatic hydroxyl groups is 3. The zero-order chi connectivity index (χ0) is 29.9. The highest BCUT2D eigenvalue weighted by atomic mass is 16.5. The third-order valence-electron chi connectivity index (χ3n) is 7.97. The van der Waals surface area contributed by atoms with Crippen molar-refractivity contribution >= 4 is 29.2 Å². The largest absolute Gasteiger partial charge is 0.508 e. The van der Waals surface area contributed by atoms with E-state index < -0.39 is 64.0 Å². The number of hydrogen-bond acceptors (Lipinski definition) is 10. The molecule has 11 nitrogen and oxygen atoms in total. The van der Waals surface area contributed by atoms with Crippen LogP contribution in [0.15, 0.2) is 29.0 Å². The number of benzene rings is 1. The van der Waals surface area contributed by atoms with Crippen LogP contribution in [0.5, 0.6) is 5.75 Å². The van der Waals surface area contributed by atoms with Crippen molar-refractivity contribution in [3.05, 3.63) is 45.7 Å². The van der Waals surface area contributed by atoms with Gasteiger partial charge < -0.3 is 30.9 Å². The molecule has 3 aliphatic rings. The lowest BCUT2D eigenvalue weighted by Crippen LogP contribution is -2.65. The molecule has 40 heavy (non-hydrogen) atoms. The Hall–Kier alpha value is -3.70. The molecule has 1 fully saturated rings. The predicted octanol–water partition coefficient (Wildman–Crippen LogP) is 1.49. The number of fused-ring (bicyclic) bond motifs is 3. The Morgan fingerprint density at radius 1 is 1.15 bits per heavy atom. The summed E-state index contributed by atoms with van der Waals surface area (Å²) in [6.07, 6.45) is 0.471. The van der Waals surface area contributed by atoms with Crippen LogP contribution in [-0.4, -0.2) is 81.1 Å². The van der Waals surface area contributed by atoms with Gasteiger partial charge in [0.15, 0.2) is 11.4 Å². The molecule has 0 heterocycles. The average Bonchev–Trinajstić information content (AvgIpc) is 2.83. The van der Waals surface area contributed by atoms with E-state index in [1.165, 1.54) is 11.0 Å². The van der Waals surface area contributed by atoms with Crippen molar-refractivity contribution in [2.45, 2.75) is 58.1 Å². The normalized spacial score (nSPS) is 26.4. The van der Waals surface area contributed by atoms with Gasteiger partial charge in [-0.15, -0.1) is 0 Å². The number of rotatable bonds is 6. The van der Waals surface area contributed by atoms with Crippen LogP contribution in [-0.2, 0) is 36.8 Å². The first-order chi connectivity index (χ1) is 18.5. The molecule has 11 heteroatoms. The Labute approximate surface area is 231 Å². The molecule has 0 unspecified atom stereocenters. The molecule has 0 spiro atoms. The second kappa shape index (κ2) is 10.0. The molecule has 0 aliphatic heterocycles. The summed E-state index contributed by atoms with van der Waals surface area (Å²) >= 11 is 0. The molecule has 0 radical (unpaired) electrons. The van der Waals surface area contributed by atoms with Crippen molar-refractivity contribution in [2.24, 2.45) is 23.0 Å². The topological polar surface area (TPSA) is 188 Å². The van der Waals surface area contributed by atoms with Gasteiger partial charge in [-0.05, 0) is 61.9 Å². The van der Waals surface area contributed by atoms with Crippen molar-refractivity contribution in [1.82, 2.24) is 4.90 Å². The van der Waals surface area contributed by atoms with Gasteiger partial charge in [-0.3, -0.25) is 24.1 Å². The number of carbonyl (C=O) groups is 4. The molecule has 1 aromatic rings. The minimum atomic E-state index is -2.69. The lowest BCUT2D eigenvalue weighted by Gasteiger charge is -2.50. The van der Waals surface area contributed by atoms with E-state index >= 15 is 0 Å². The number of primary amides is 1. The maximum Gasteiger partial charge on any atom is 0.306 e. The van der Waals surface area contributed by atoms with Crippen molar-refractivity contribution in [2.75, 3.05) is 20.7 Å². The van der Waals surface area contributed by atoms with Crippen LogP contribution in [0.1, 0.15) is 50.3 Å². The lowest BCUT2D eigenvalue weighted by atomic mass is 9.57. The fraction of sp³-hybridized carbons (Fsp3) is 0.517. The molecule has 3 aliphatic carbocycles. The monoisotopic (exact) mass is 556 g/mol. The van der Waals surface area contributed by atoms with E-state index in [9.17, 15) is 39.6 Å². The molecular formula is C29H36N2O9. The number of aromatic hydroxyl groups is 1. The number of esters is 1. The molecule has 216 valence electrons. The number of nitrogens with two attached hydrogens (primary N) is 1. The summed E-state index contributed by atoms with van der Waals surface area (Å²) in [5.74, 6) is -7.39. The van der Waals surface area contributed by atoms with Gasteiger partial charge in [0.05, 0.1) is 18.2 Å². The van der Waals surface area contributed by atoms with Gasteiger partial charge >= 0.3 is 5.97 Å². The first kappa shape index (κ1) is 29.3. The van der Waals surface area contributed by atoms with Crippen molar-refractivity contribution in [3.63, 3.8) is 0 Å². The minimum absolute atomic E-state index is 0.00292. The maximum absolute atomic E-state index is 13.9. The van der Waals surface area contributed by atoms with Crippen LogP contribution in [0.4, 0.5) is 0 Å².